The van der Waals surface area contributed by atoms with Gasteiger partial charge in [-0.15, -0.1) is 5.10 Å². The molecule has 0 bridgehead atoms. The topological polar surface area (TPSA) is 94.3 Å². The van der Waals surface area contributed by atoms with Crippen LogP contribution in [-0.4, -0.2) is 38.6 Å². The summed E-state index contributed by atoms with van der Waals surface area (Å²) in [6.45, 7) is 1.89. The molecule has 1 aromatic carbocycles. The van der Waals surface area contributed by atoms with E-state index in [0.29, 0.717) is 0 Å². The number of rotatable bonds is 4. The maximum Gasteiger partial charge on any atom is 0.360 e. The molecule has 104 valence electrons. The van der Waals surface area contributed by atoms with E-state index in [1.807, 2.05) is 0 Å². The number of carboxylic acid groups (broad SMARTS) is 1. The lowest BCUT2D eigenvalue weighted by Crippen LogP contribution is -2.06. The molecule has 0 spiro atoms. The number of nitrogens with zero attached hydrogens (tertiary/aromatic N) is 3. The Morgan fingerprint density at radius 1 is 1.45 bits per heavy atom. The normalized spacial score (nSPS) is 10.3. The summed E-state index contributed by atoms with van der Waals surface area (Å²) in [7, 11) is 0. The van der Waals surface area contributed by atoms with Crippen molar-refractivity contribution >= 4 is 23.5 Å². The first-order valence-electron chi connectivity index (χ1n) is 5.65. The van der Waals surface area contributed by atoms with Crippen molar-refractivity contribution in [2.24, 2.45) is 0 Å². The number of carboxylic acids is 1. The van der Waals surface area contributed by atoms with E-state index >= 15 is 0 Å². The summed E-state index contributed by atoms with van der Waals surface area (Å²) in [5, 5.41) is 16.8. The van der Waals surface area contributed by atoms with Crippen LogP contribution in [0.25, 0.3) is 5.69 Å². The first-order chi connectivity index (χ1) is 9.52. The molecule has 0 fully saturated rings. The second-order valence-corrected chi connectivity index (χ2v) is 4.17. The fourth-order valence-corrected chi connectivity index (χ4v) is 1.73. The van der Waals surface area contributed by atoms with Crippen LogP contribution in [0.2, 0.25) is 5.02 Å². The van der Waals surface area contributed by atoms with E-state index in [1.54, 1.807) is 6.92 Å². The molecular weight excluding hydrogens is 286 g/mol. The summed E-state index contributed by atoms with van der Waals surface area (Å²) in [4.78, 5) is 22.7. The Morgan fingerprint density at radius 2 is 2.20 bits per heavy atom. The van der Waals surface area contributed by atoms with E-state index in [9.17, 15) is 9.59 Å². The van der Waals surface area contributed by atoms with Gasteiger partial charge in [0.15, 0.2) is 5.69 Å². The van der Waals surface area contributed by atoms with Crippen LogP contribution in [-0.2, 0) is 4.74 Å². The highest BCUT2D eigenvalue weighted by atomic mass is 35.5. The van der Waals surface area contributed by atoms with Crippen LogP contribution in [0.15, 0.2) is 24.4 Å². The Morgan fingerprint density at radius 3 is 2.85 bits per heavy atom. The molecule has 0 saturated carbocycles. The van der Waals surface area contributed by atoms with Gasteiger partial charge in [-0.2, -0.15) is 0 Å². The lowest BCUT2D eigenvalue weighted by molar-refractivity contribution is 0.0519. The van der Waals surface area contributed by atoms with Gasteiger partial charge in [0.25, 0.3) is 0 Å². The van der Waals surface area contributed by atoms with Gasteiger partial charge in [-0.3, -0.25) is 0 Å². The number of carbonyl (C=O) groups is 2. The molecule has 0 aliphatic heterocycles. The van der Waals surface area contributed by atoms with Gasteiger partial charge < -0.3 is 9.84 Å². The number of benzene rings is 1. The highest BCUT2D eigenvalue weighted by Gasteiger charge is 2.17. The highest BCUT2D eigenvalue weighted by Crippen LogP contribution is 2.19. The zero-order chi connectivity index (χ0) is 14.7. The fourth-order valence-electron chi connectivity index (χ4n) is 1.56. The van der Waals surface area contributed by atoms with Gasteiger partial charge in [-0.25, -0.2) is 14.3 Å². The van der Waals surface area contributed by atoms with Gasteiger partial charge in [0, 0.05) is 5.02 Å². The van der Waals surface area contributed by atoms with Gasteiger partial charge in [-0.05, 0) is 25.1 Å². The van der Waals surface area contributed by atoms with Crippen molar-refractivity contribution in [3.8, 4) is 5.69 Å². The van der Waals surface area contributed by atoms with Crippen LogP contribution in [0.4, 0.5) is 0 Å². The number of halogens is 1. The average molecular weight is 296 g/mol. The number of hydrogen-bond acceptors (Lipinski definition) is 5. The van der Waals surface area contributed by atoms with Crippen molar-refractivity contribution in [2.75, 3.05) is 6.61 Å². The van der Waals surface area contributed by atoms with Crippen LogP contribution < -0.4 is 0 Å². The smallest absolute Gasteiger partial charge is 0.360 e. The monoisotopic (exact) mass is 295 g/mol. The van der Waals surface area contributed by atoms with E-state index in [1.165, 1.54) is 29.1 Å². The molecule has 7 nitrogen and oxygen atoms in total. The molecule has 1 aromatic heterocycles. The lowest BCUT2D eigenvalue weighted by Gasteiger charge is -2.05. The average Bonchev–Trinajstić information content (AvgIpc) is 2.88. The van der Waals surface area contributed by atoms with Crippen molar-refractivity contribution in [1.29, 1.82) is 0 Å². The summed E-state index contributed by atoms with van der Waals surface area (Å²) in [5.74, 6) is -1.78. The summed E-state index contributed by atoms with van der Waals surface area (Å²) in [5.41, 5.74) is 0.209. The minimum absolute atomic E-state index is 0.00172. The molecule has 2 rings (SSSR count). The van der Waals surface area contributed by atoms with Crippen molar-refractivity contribution in [3.05, 3.63) is 40.7 Å². The zero-order valence-electron chi connectivity index (χ0n) is 10.4. The summed E-state index contributed by atoms with van der Waals surface area (Å²) in [6, 6.07) is 4.30. The van der Waals surface area contributed by atoms with Crippen LogP contribution in [0.1, 0.15) is 27.8 Å². The van der Waals surface area contributed by atoms with Crippen molar-refractivity contribution in [3.63, 3.8) is 0 Å². The van der Waals surface area contributed by atoms with Crippen molar-refractivity contribution in [2.45, 2.75) is 6.92 Å². The van der Waals surface area contributed by atoms with E-state index in [0.717, 1.165) is 0 Å². The third-order valence-electron chi connectivity index (χ3n) is 2.41. The second kappa shape index (κ2) is 5.70. The Bertz CT molecular complexity index is 668. The Balaban J connectivity index is 2.42. The van der Waals surface area contributed by atoms with Gasteiger partial charge in [-0.1, -0.05) is 16.8 Å². The summed E-state index contributed by atoms with van der Waals surface area (Å²) < 4.78 is 5.97. The predicted molar refractivity (Wildman–Crippen MR) is 69.3 cm³/mol. The number of hydrogen-bond donors (Lipinski definition) is 1. The van der Waals surface area contributed by atoms with E-state index < -0.39 is 11.9 Å². The molecule has 8 heteroatoms. The molecule has 20 heavy (non-hydrogen) atoms. The first kappa shape index (κ1) is 14.0. The highest BCUT2D eigenvalue weighted by molar-refractivity contribution is 6.31. The van der Waals surface area contributed by atoms with Crippen molar-refractivity contribution in [1.82, 2.24) is 15.0 Å². The zero-order valence-corrected chi connectivity index (χ0v) is 11.2. The molecular formula is C12H10ClN3O4. The molecule has 0 radical (unpaired) electrons. The quantitative estimate of drug-likeness (QED) is 0.864. The summed E-state index contributed by atoms with van der Waals surface area (Å²) in [6.07, 6.45) is 1.30. The van der Waals surface area contributed by atoms with E-state index in [-0.39, 0.29) is 28.6 Å². The maximum absolute atomic E-state index is 11.5. The van der Waals surface area contributed by atoms with Crippen LogP contribution >= 0.6 is 11.6 Å². The first-order valence-corrected chi connectivity index (χ1v) is 6.03. The number of ether oxygens (including phenoxy) is 1. The molecule has 1 heterocycles. The molecule has 2 aromatic rings. The fraction of sp³-hybridized carbons (Fsp3) is 0.167. The van der Waals surface area contributed by atoms with Gasteiger partial charge in [0.05, 0.1) is 24.1 Å². The molecule has 0 amide bonds. The van der Waals surface area contributed by atoms with Gasteiger partial charge in [0.2, 0.25) is 0 Å². The van der Waals surface area contributed by atoms with Crippen LogP contribution in [0, 0.1) is 0 Å². The summed E-state index contributed by atoms with van der Waals surface area (Å²) >= 11 is 5.76. The van der Waals surface area contributed by atoms with Gasteiger partial charge >= 0.3 is 11.9 Å². The molecule has 0 aliphatic carbocycles. The molecule has 0 atom stereocenters. The van der Waals surface area contributed by atoms with Crippen LogP contribution in [0.3, 0.4) is 0 Å². The Kier molecular flexibility index (Phi) is 3.99. The third-order valence-corrected chi connectivity index (χ3v) is 2.65. The molecule has 0 saturated heterocycles. The van der Waals surface area contributed by atoms with Gasteiger partial charge in [0.1, 0.15) is 0 Å². The number of aromatic carboxylic acids is 1. The van der Waals surface area contributed by atoms with E-state index in [2.05, 4.69) is 10.3 Å². The maximum atomic E-state index is 11.5. The second-order valence-electron chi connectivity index (χ2n) is 3.74. The minimum Gasteiger partial charge on any atom is -0.478 e. The Labute approximate surface area is 118 Å². The molecule has 1 N–H and O–H groups in total. The number of esters is 1. The number of carbonyl (C=O) groups excluding carboxylic acids is 1. The SMILES string of the molecule is CCOC(=O)c1cn(-c2ccc(Cl)cc2C(=O)O)nn1. The predicted octanol–water partition coefficient (Wildman–Crippen LogP) is 1.80. The van der Waals surface area contributed by atoms with Crippen molar-refractivity contribution < 1.29 is 19.4 Å². The van der Waals surface area contributed by atoms with E-state index in [4.69, 9.17) is 21.4 Å². The largest absolute Gasteiger partial charge is 0.478 e. The molecule has 0 unspecified atom stereocenters. The standard InChI is InChI=1S/C12H10ClN3O4/c1-2-20-12(19)9-6-16(15-14-9)10-4-3-7(13)5-8(10)11(17)18/h3-6H,2H2,1H3,(H,17,18). The Hall–Kier alpha value is -2.41. The molecule has 0 aliphatic rings. The minimum atomic E-state index is -1.16. The number of aromatic nitrogens is 3. The van der Waals surface area contributed by atoms with Crippen LogP contribution in [0.5, 0.6) is 0 Å². The lowest BCUT2D eigenvalue weighted by atomic mass is 10.2. The third kappa shape index (κ3) is 2.77.